The number of amides is 1. The average molecular weight is 419 g/mol. The molecule has 9 heteroatoms. The van der Waals surface area contributed by atoms with Gasteiger partial charge in [0.2, 0.25) is 5.91 Å². The second kappa shape index (κ2) is 7.84. The molecule has 1 saturated carbocycles. The Morgan fingerprint density at radius 1 is 1.10 bits per heavy atom. The molecule has 8 nitrogen and oxygen atoms in total. The van der Waals surface area contributed by atoms with Crippen LogP contribution >= 0.6 is 0 Å². The van der Waals surface area contributed by atoms with Crippen molar-refractivity contribution >= 4 is 21.7 Å². The molecular formula is C20H21NO7S. The summed E-state index contributed by atoms with van der Waals surface area (Å²) in [6, 6.07) is 12.6. The molecule has 1 aliphatic carbocycles. The molecule has 0 spiro atoms. The zero-order chi connectivity index (χ0) is 21.2. The number of hydroxylamine groups is 1. The summed E-state index contributed by atoms with van der Waals surface area (Å²) in [5.74, 6) is -0.928. The van der Waals surface area contributed by atoms with Gasteiger partial charge in [0.15, 0.2) is 9.84 Å². The van der Waals surface area contributed by atoms with Gasteiger partial charge >= 0.3 is 5.97 Å². The minimum absolute atomic E-state index is 0.179. The topological polar surface area (TPSA) is 119 Å². The first kappa shape index (κ1) is 20.8. The quantitative estimate of drug-likeness (QED) is 0.401. The second-order valence-electron chi connectivity index (χ2n) is 6.79. The highest BCUT2D eigenvalue weighted by Crippen LogP contribution is 2.55. The zero-order valence-electron chi connectivity index (χ0n) is 15.9. The van der Waals surface area contributed by atoms with Gasteiger partial charge in [-0.3, -0.25) is 14.8 Å². The van der Waals surface area contributed by atoms with Gasteiger partial charge in [0, 0.05) is 6.26 Å². The fraction of sp³-hybridized carbons (Fsp3) is 0.300. The van der Waals surface area contributed by atoms with Crippen LogP contribution in [0, 0.1) is 5.92 Å². The third kappa shape index (κ3) is 4.10. The van der Waals surface area contributed by atoms with E-state index in [2.05, 4.69) is 0 Å². The summed E-state index contributed by atoms with van der Waals surface area (Å²) in [6.07, 6.45) is 1.37. The van der Waals surface area contributed by atoms with Gasteiger partial charge in [0.1, 0.15) is 16.9 Å². The van der Waals surface area contributed by atoms with Gasteiger partial charge in [-0.2, -0.15) is 0 Å². The normalized spacial score (nSPS) is 20.6. The number of carbonyl (C=O) groups is 2. The Kier molecular flexibility index (Phi) is 5.63. The SMILES string of the molecule is CCOC(=O)[C@@]1(c2ccc(Oc3ccc(S(C)(=O)=O)cc3)cc2)C[C@@H]1C(=O)NO. The van der Waals surface area contributed by atoms with Crippen molar-refractivity contribution in [3.05, 3.63) is 54.1 Å². The average Bonchev–Trinajstić information content (AvgIpc) is 3.45. The fourth-order valence-corrected chi connectivity index (χ4v) is 3.92. The maximum absolute atomic E-state index is 12.5. The number of esters is 1. The van der Waals surface area contributed by atoms with E-state index in [-0.39, 0.29) is 17.9 Å². The predicted octanol–water partition coefficient (Wildman–Crippen LogP) is 2.21. The molecular weight excluding hydrogens is 398 g/mol. The lowest BCUT2D eigenvalue weighted by Crippen LogP contribution is -2.32. The van der Waals surface area contributed by atoms with E-state index in [1.54, 1.807) is 48.8 Å². The number of ether oxygens (including phenoxy) is 2. The fourth-order valence-electron chi connectivity index (χ4n) is 3.29. The van der Waals surface area contributed by atoms with Crippen molar-refractivity contribution in [1.82, 2.24) is 5.48 Å². The molecule has 1 amide bonds. The summed E-state index contributed by atoms with van der Waals surface area (Å²) < 4.78 is 33.9. The maximum Gasteiger partial charge on any atom is 0.317 e. The standard InChI is InChI=1S/C20H21NO7S/c1-3-27-19(23)20(12-17(20)18(22)21-24)13-4-6-14(7-5-13)28-15-8-10-16(11-9-15)29(2,25)26/h4-11,17,24H,3,12H2,1-2H3,(H,21,22)/t17-,20-/m1/s1. The van der Waals surface area contributed by atoms with Crippen LogP contribution in [0.3, 0.4) is 0 Å². The Hall–Kier alpha value is -2.91. The van der Waals surface area contributed by atoms with Gasteiger partial charge in [-0.25, -0.2) is 13.9 Å². The monoisotopic (exact) mass is 419 g/mol. The predicted molar refractivity (Wildman–Crippen MR) is 102 cm³/mol. The Balaban J connectivity index is 1.80. The Morgan fingerprint density at radius 3 is 2.14 bits per heavy atom. The lowest BCUT2D eigenvalue weighted by molar-refractivity contribution is -0.148. The zero-order valence-corrected chi connectivity index (χ0v) is 16.7. The molecule has 2 N–H and O–H groups in total. The van der Waals surface area contributed by atoms with E-state index in [1.807, 2.05) is 0 Å². The van der Waals surface area contributed by atoms with Gasteiger partial charge in [0.05, 0.1) is 17.4 Å². The van der Waals surface area contributed by atoms with Crippen molar-refractivity contribution in [2.45, 2.75) is 23.7 Å². The molecule has 0 aliphatic heterocycles. The molecule has 2 aromatic rings. The minimum atomic E-state index is -3.28. The molecule has 0 bridgehead atoms. The van der Waals surface area contributed by atoms with E-state index in [0.717, 1.165) is 6.26 Å². The van der Waals surface area contributed by atoms with Gasteiger partial charge in [-0.1, -0.05) is 12.1 Å². The third-order valence-corrected chi connectivity index (χ3v) is 6.01. The first-order valence-corrected chi connectivity index (χ1v) is 10.8. The van der Waals surface area contributed by atoms with Crippen LogP contribution in [0.2, 0.25) is 0 Å². The van der Waals surface area contributed by atoms with Crippen LogP contribution in [0.25, 0.3) is 0 Å². The highest BCUT2D eigenvalue weighted by atomic mass is 32.2. The summed E-state index contributed by atoms with van der Waals surface area (Å²) >= 11 is 0. The van der Waals surface area contributed by atoms with E-state index in [0.29, 0.717) is 17.1 Å². The molecule has 0 aromatic heterocycles. The molecule has 0 saturated heterocycles. The molecule has 0 heterocycles. The van der Waals surface area contributed by atoms with E-state index in [1.165, 1.54) is 12.1 Å². The summed E-state index contributed by atoms with van der Waals surface area (Å²) in [5.41, 5.74) is 1.05. The van der Waals surface area contributed by atoms with Gasteiger partial charge in [0.25, 0.3) is 0 Å². The Morgan fingerprint density at radius 2 is 1.66 bits per heavy atom. The smallest absolute Gasteiger partial charge is 0.317 e. The first-order valence-electron chi connectivity index (χ1n) is 8.92. The van der Waals surface area contributed by atoms with Crippen LogP contribution < -0.4 is 10.2 Å². The van der Waals surface area contributed by atoms with Gasteiger partial charge < -0.3 is 9.47 Å². The van der Waals surface area contributed by atoms with Crippen LogP contribution in [0.1, 0.15) is 18.9 Å². The van der Waals surface area contributed by atoms with Crippen LogP contribution in [0.4, 0.5) is 0 Å². The van der Waals surface area contributed by atoms with Crippen molar-refractivity contribution in [3.8, 4) is 11.5 Å². The van der Waals surface area contributed by atoms with E-state index < -0.39 is 33.0 Å². The number of hydrogen-bond donors (Lipinski definition) is 2. The van der Waals surface area contributed by atoms with Gasteiger partial charge in [-0.05, 0) is 55.3 Å². The molecule has 1 aliphatic rings. The van der Waals surface area contributed by atoms with Crippen LogP contribution in [0.15, 0.2) is 53.4 Å². The van der Waals surface area contributed by atoms with Crippen LogP contribution in [0.5, 0.6) is 11.5 Å². The van der Waals surface area contributed by atoms with Crippen molar-refractivity contribution in [1.29, 1.82) is 0 Å². The summed E-state index contributed by atoms with van der Waals surface area (Å²) in [5, 5.41) is 8.90. The first-order chi connectivity index (χ1) is 13.7. The van der Waals surface area contributed by atoms with E-state index in [9.17, 15) is 18.0 Å². The molecule has 3 rings (SSSR count). The van der Waals surface area contributed by atoms with Crippen molar-refractivity contribution < 1.29 is 32.7 Å². The molecule has 0 unspecified atom stereocenters. The van der Waals surface area contributed by atoms with Crippen molar-refractivity contribution in [2.75, 3.05) is 12.9 Å². The summed E-state index contributed by atoms with van der Waals surface area (Å²) in [7, 11) is -3.28. The van der Waals surface area contributed by atoms with E-state index >= 15 is 0 Å². The number of carbonyl (C=O) groups excluding carboxylic acids is 2. The van der Waals surface area contributed by atoms with Crippen LogP contribution in [-0.2, 0) is 29.6 Å². The molecule has 29 heavy (non-hydrogen) atoms. The Labute approximate surface area is 168 Å². The van der Waals surface area contributed by atoms with Crippen molar-refractivity contribution in [2.24, 2.45) is 5.92 Å². The molecule has 2 atom stereocenters. The largest absolute Gasteiger partial charge is 0.465 e. The number of hydrogen-bond acceptors (Lipinski definition) is 7. The number of rotatable bonds is 7. The lowest BCUT2D eigenvalue weighted by atomic mass is 9.93. The maximum atomic E-state index is 12.5. The van der Waals surface area contributed by atoms with E-state index in [4.69, 9.17) is 14.7 Å². The minimum Gasteiger partial charge on any atom is -0.465 e. The number of benzene rings is 2. The third-order valence-electron chi connectivity index (χ3n) is 4.88. The number of nitrogens with one attached hydrogen (secondary N) is 1. The molecule has 2 aromatic carbocycles. The summed E-state index contributed by atoms with van der Waals surface area (Å²) in [6.45, 7) is 1.86. The second-order valence-corrected chi connectivity index (χ2v) is 8.81. The summed E-state index contributed by atoms with van der Waals surface area (Å²) in [4.78, 5) is 24.5. The highest BCUT2D eigenvalue weighted by molar-refractivity contribution is 7.90. The highest BCUT2D eigenvalue weighted by Gasteiger charge is 2.65. The van der Waals surface area contributed by atoms with Crippen LogP contribution in [-0.4, -0.2) is 38.4 Å². The lowest BCUT2D eigenvalue weighted by Gasteiger charge is -2.16. The molecule has 0 radical (unpaired) electrons. The van der Waals surface area contributed by atoms with Gasteiger partial charge in [-0.15, -0.1) is 0 Å². The Bertz CT molecular complexity index is 1020. The van der Waals surface area contributed by atoms with Crippen molar-refractivity contribution in [3.63, 3.8) is 0 Å². The molecule has 1 fully saturated rings. The molecule has 154 valence electrons. The number of sulfone groups is 1.